The van der Waals surface area contributed by atoms with Crippen LogP contribution in [0.2, 0.25) is 5.02 Å². The van der Waals surface area contributed by atoms with E-state index >= 15 is 0 Å². The molecule has 2 amide bonds. The molecule has 2 aromatic rings. The number of primary amides is 1. The van der Waals surface area contributed by atoms with Gasteiger partial charge in [-0.25, -0.2) is 0 Å². The summed E-state index contributed by atoms with van der Waals surface area (Å²) in [6, 6.07) is 12.4. The number of benzene rings is 2. The molecular formula is C20H22ClN3O2. The molecule has 26 heavy (non-hydrogen) atoms. The summed E-state index contributed by atoms with van der Waals surface area (Å²) in [4.78, 5) is 26.3. The minimum Gasteiger partial charge on any atom is -0.370 e. The van der Waals surface area contributed by atoms with Crippen LogP contribution in [-0.2, 0) is 11.2 Å². The van der Waals surface area contributed by atoms with Gasteiger partial charge in [-0.05, 0) is 55.2 Å². The average Bonchev–Trinajstić information content (AvgIpc) is 2.64. The molecule has 1 saturated heterocycles. The summed E-state index contributed by atoms with van der Waals surface area (Å²) in [5.74, 6) is -0.657. The van der Waals surface area contributed by atoms with Crippen LogP contribution < -0.4 is 16.0 Å². The first-order valence-electron chi connectivity index (χ1n) is 8.76. The molecule has 3 N–H and O–H groups in total. The molecule has 0 saturated carbocycles. The van der Waals surface area contributed by atoms with Crippen molar-refractivity contribution in [1.82, 2.24) is 0 Å². The number of nitrogens with zero attached hydrogens (tertiary/aromatic N) is 1. The van der Waals surface area contributed by atoms with Crippen molar-refractivity contribution in [3.8, 4) is 0 Å². The molecular weight excluding hydrogens is 350 g/mol. The molecule has 6 heteroatoms. The minimum atomic E-state index is -0.511. The number of nitrogens with two attached hydrogens (primary N) is 1. The summed E-state index contributed by atoms with van der Waals surface area (Å²) in [6.07, 6.45) is 3.69. The van der Waals surface area contributed by atoms with Gasteiger partial charge < -0.3 is 16.0 Å². The predicted molar refractivity (Wildman–Crippen MR) is 105 cm³/mol. The smallest absolute Gasteiger partial charge is 0.248 e. The summed E-state index contributed by atoms with van der Waals surface area (Å²) in [7, 11) is 0. The number of halogens is 1. The topological polar surface area (TPSA) is 75.4 Å². The van der Waals surface area contributed by atoms with E-state index in [-0.39, 0.29) is 12.3 Å². The Hall–Kier alpha value is -2.53. The lowest BCUT2D eigenvalue weighted by atomic mass is 10.1. The van der Waals surface area contributed by atoms with Crippen LogP contribution in [0.1, 0.15) is 35.2 Å². The van der Waals surface area contributed by atoms with E-state index in [0.29, 0.717) is 16.3 Å². The fourth-order valence-electron chi connectivity index (χ4n) is 3.18. The van der Waals surface area contributed by atoms with E-state index in [1.54, 1.807) is 24.3 Å². The second-order valence-electron chi connectivity index (χ2n) is 6.50. The lowest BCUT2D eigenvalue weighted by Crippen LogP contribution is -2.30. The monoisotopic (exact) mass is 371 g/mol. The van der Waals surface area contributed by atoms with E-state index in [2.05, 4.69) is 10.2 Å². The number of hydrogen-bond donors (Lipinski definition) is 2. The summed E-state index contributed by atoms with van der Waals surface area (Å²) in [5, 5.41) is 3.58. The molecule has 0 unspecified atom stereocenters. The molecule has 0 aromatic heterocycles. The molecule has 136 valence electrons. The van der Waals surface area contributed by atoms with Gasteiger partial charge in [0.15, 0.2) is 0 Å². The number of piperidine rings is 1. The van der Waals surface area contributed by atoms with Crippen molar-refractivity contribution < 1.29 is 9.59 Å². The van der Waals surface area contributed by atoms with Crippen LogP contribution in [0.5, 0.6) is 0 Å². The lowest BCUT2D eigenvalue weighted by Gasteiger charge is -2.30. The van der Waals surface area contributed by atoms with Crippen molar-refractivity contribution in [3.63, 3.8) is 0 Å². The van der Waals surface area contributed by atoms with Crippen LogP contribution in [0.15, 0.2) is 42.5 Å². The first kappa shape index (κ1) is 18.3. The predicted octanol–water partition coefficient (Wildman–Crippen LogP) is 3.61. The van der Waals surface area contributed by atoms with E-state index in [1.807, 2.05) is 18.2 Å². The Morgan fingerprint density at radius 1 is 1.04 bits per heavy atom. The molecule has 0 bridgehead atoms. The molecule has 1 heterocycles. The van der Waals surface area contributed by atoms with Crippen LogP contribution in [0, 0.1) is 0 Å². The Morgan fingerprint density at radius 3 is 2.38 bits per heavy atom. The highest BCUT2D eigenvalue weighted by atomic mass is 35.5. The molecule has 0 spiro atoms. The third kappa shape index (κ3) is 4.55. The minimum absolute atomic E-state index is 0.146. The number of carbonyl (C=O) groups is 2. The molecule has 5 nitrogen and oxygen atoms in total. The highest BCUT2D eigenvalue weighted by molar-refractivity contribution is 6.30. The van der Waals surface area contributed by atoms with Crippen LogP contribution in [0.25, 0.3) is 0 Å². The standard InChI is InChI=1S/C20H22ClN3O2/c21-16-7-4-14(5-8-16)12-19(25)23-17-13-15(20(22)26)6-9-18(17)24-10-2-1-3-11-24/h4-9,13H,1-3,10-12H2,(H2,22,26)(H,23,25). The van der Waals surface area contributed by atoms with Gasteiger partial charge in [0, 0.05) is 23.7 Å². The van der Waals surface area contributed by atoms with Gasteiger partial charge >= 0.3 is 0 Å². The Kier molecular flexibility index (Phi) is 5.78. The summed E-state index contributed by atoms with van der Waals surface area (Å²) in [5.41, 5.74) is 8.21. The molecule has 0 radical (unpaired) electrons. The maximum atomic E-state index is 12.5. The quantitative estimate of drug-likeness (QED) is 0.843. The Morgan fingerprint density at radius 2 is 1.73 bits per heavy atom. The number of nitrogens with one attached hydrogen (secondary N) is 1. The fraction of sp³-hybridized carbons (Fsp3) is 0.300. The van der Waals surface area contributed by atoms with Crippen LogP contribution >= 0.6 is 11.6 Å². The highest BCUT2D eigenvalue weighted by Gasteiger charge is 2.17. The van der Waals surface area contributed by atoms with E-state index in [4.69, 9.17) is 17.3 Å². The van der Waals surface area contributed by atoms with Crippen molar-refractivity contribution in [2.75, 3.05) is 23.3 Å². The Bertz CT molecular complexity index is 799. The maximum Gasteiger partial charge on any atom is 0.248 e. The van der Waals surface area contributed by atoms with Crippen LogP contribution in [0.4, 0.5) is 11.4 Å². The van der Waals surface area contributed by atoms with Gasteiger partial charge in [-0.2, -0.15) is 0 Å². The zero-order valence-corrected chi connectivity index (χ0v) is 15.3. The number of carbonyl (C=O) groups excluding carboxylic acids is 2. The third-order valence-corrected chi connectivity index (χ3v) is 4.78. The van der Waals surface area contributed by atoms with Gasteiger partial charge in [-0.15, -0.1) is 0 Å². The van der Waals surface area contributed by atoms with Gasteiger partial charge in [0.25, 0.3) is 0 Å². The number of amides is 2. The van der Waals surface area contributed by atoms with Crippen molar-refractivity contribution in [2.24, 2.45) is 5.73 Å². The van der Waals surface area contributed by atoms with Gasteiger partial charge in [-0.1, -0.05) is 23.7 Å². The van der Waals surface area contributed by atoms with Crippen molar-refractivity contribution in [3.05, 3.63) is 58.6 Å². The first-order chi connectivity index (χ1) is 12.5. The van der Waals surface area contributed by atoms with Gasteiger partial charge in [-0.3, -0.25) is 9.59 Å². The number of hydrogen-bond acceptors (Lipinski definition) is 3. The number of anilines is 2. The lowest BCUT2D eigenvalue weighted by molar-refractivity contribution is -0.115. The zero-order valence-electron chi connectivity index (χ0n) is 14.5. The summed E-state index contributed by atoms with van der Waals surface area (Å²) in [6.45, 7) is 1.88. The summed E-state index contributed by atoms with van der Waals surface area (Å²) >= 11 is 5.88. The zero-order chi connectivity index (χ0) is 18.5. The van der Waals surface area contributed by atoms with Crippen molar-refractivity contribution in [2.45, 2.75) is 25.7 Å². The molecule has 1 fully saturated rings. The molecule has 0 atom stereocenters. The molecule has 3 rings (SSSR count). The van der Waals surface area contributed by atoms with E-state index < -0.39 is 5.91 Å². The summed E-state index contributed by atoms with van der Waals surface area (Å²) < 4.78 is 0. The Balaban J connectivity index is 1.81. The van der Waals surface area contributed by atoms with E-state index in [9.17, 15) is 9.59 Å². The SMILES string of the molecule is NC(=O)c1ccc(N2CCCCC2)c(NC(=O)Cc2ccc(Cl)cc2)c1. The van der Waals surface area contributed by atoms with Gasteiger partial charge in [0.2, 0.25) is 11.8 Å². The van der Waals surface area contributed by atoms with E-state index in [0.717, 1.165) is 37.2 Å². The normalized spacial score (nSPS) is 14.1. The molecule has 2 aromatic carbocycles. The first-order valence-corrected chi connectivity index (χ1v) is 9.14. The van der Waals surface area contributed by atoms with Gasteiger partial charge in [0.1, 0.15) is 0 Å². The Labute approximate surface area is 158 Å². The fourth-order valence-corrected chi connectivity index (χ4v) is 3.31. The van der Waals surface area contributed by atoms with Crippen molar-refractivity contribution in [1.29, 1.82) is 0 Å². The molecule has 1 aliphatic heterocycles. The van der Waals surface area contributed by atoms with Crippen LogP contribution in [0.3, 0.4) is 0 Å². The van der Waals surface area contributed by atoms with E-state index in [1.165, 1.54) is 6.42 Å². The number of rotatable bonds is 5. The van der Waals surface area contributed by atoms with Crippen molar-refractivity contribution >= 4 is 34.8 Å². The maximum absolute atomic E-state index is 12.5. The third-order valence-electron chi connectivity index (χ3n) is 4.53. The highest BCUT2D eigenvalue weighted by Crippen LogP contribution is 2.30. The van der Waals surface area contributed by atoms with Crippen LogP contribution in [-0.4, -0.2) is 24.9 Å². The van der Waals surface area contributed by atoms with Gasteiger partial charge in [0.05, 0.1) is 17.8 Å². The second kappa shape index (κ2) is 8.23. The molecule has 0 aliphatic carbocycles. The largest absolute Gasteiger partial charge is 0.370 e. The molecule has 1 aliphatic rings. The second-order valence-corrected chi connectivity index (χ2v) is 6.93. The average molecular weight is 372 g/mol.